The molecule has 0 radical (unpaired) electrons. The van der Waals surface area contributed by atoms with E-state index in [0.29, 0.717) is 28.6 Å². The van der Waals surface area contributed by atoms with Gasteiger partial charge in [0.05, 0.1) is 19.8 Å². The van der Waals surface area contributed by atoms with Gasteiger partial charge in [-0.25, -0.2) is 8.42 Å². The average Bonchev–Trinajstić information content (AvgIpc) is 3.30. The molecule has 0 spiro atoms. The zero-order chi connectivity index (χ0) is 25.9. The molecule has 1 N–H and O–H groups in total. The molecule has 2 aromatic rings. The number of hydrazone groups is 1. The maximum atomic E-state index is 12.5. The van der Waals surface area contributed by atoms with Crippen LogP contribution in [0, 0.1) is 5.41 Å². The quantitative estimate of drug-likeness (QED) is 0.403. The fourth-order valence-electron chi connectivity index (χ4n) is 3.19. The second kappa shape index (κ2) is 10.4. The lowest BCUT2D eigenvalue weighted by molar-refractivity contribution is -0.114. The molecule has 0 bridgehead atoms. The van der Waals surface area contributed by atoms with E-state index in [4.69, 9.17) is 24.4 Å². The molecule has 0 atom stereocenters. The first kappa shape index (κ1) is 25.3. The van der Waals surface area contributed by atoms with Crippen molar-refractivity contribution in [2.75, 3.05) is 33.7 Å². The van der Waals surface area contributed by atoms with Gasteiger partial charge in [-0.05, 0) is 47.7 Å². The van der Waals surface area contributed by atoms with Crippen molar-refractivity contribution in [3.05, 3.63) is 53.6 Å². The van der Waals surface area contributed by atoms with Gasteiger partial charge in [0.25, 0.3) is 5.91 Å². The Bertz CT molecular complexity index is 1420. The maximum absolute atomic E-state index is 12.5. The van der Waals surface area contributed by atoms with E-state index < -0.39 is 15.7 Å². The van der Waals surface area contributed by atoms with Crippen molar-refractivity contribution in [3.63, 3.8) is 0 Å². The second-order valence-corrected chi connectivity index (χ2v) is 10.6. The number of hydrogen-bond donors (Lipinski definition) is 1. The summed E-state index contributed by atoms with van der Waals surface area (Å²) in [5.74, 6) is 1.29. The molecule has 13 heteroatoms. The summed E-state index contributed by atoms with van der Waals surface area (Å²) >= 11 is 0.731. The van der Waals surface area contributed by atoms with Crippen molar-refractivity contribution in [1.29, 1.82) is 5.41 Å². The summed E-state index contributed by atoms with van der Waals surface area (Å²) < 4.78 is 45.4. The lowest BCUT2D eigenvalue weighted by atomic mass is 10.1. The molecular formula is C23H22N4O7S2. The third-order valence-corrected chi connectivity index (χ3v) is 7.48. The Kier molecular flexibility index (Phi) is 7.31. The molecule has 36 heavy (non-hydrogen) atoms. The molecular weight excluding hydrogens is 508 g/mol. The lowest BCUT2D eigenvalue weighted by Gasteiger charge is -2.20. The Morgan fingerprint density at radius 2 is 1.78 bits per heavy atom. The maximum Gasteiger partial charge on any atom is 0.283 e. The van der Waals surface area contributed by atoms with Crippen LogP contribution in [0.5, 0.6) is 23.0 Å². The number of rotatable bonds is 8. The third-order valence-electron chi connectivity index (χ3n) is 4.90. The zero-order valence-corrected chi connectivity index (χ0v) is 21.2. The molecule has 1 amide bonds. The summed E-state index contributed by atoms with van der Waals surface area (Å²) in [4.78, 5) is 16.4. The fraction of sp³-hybridized carbons (Fsp3) is 0.217. The number of carbonyl (C=O) groups is 1. The first-order chi connectivity index (χ1) is 17.2. The molecule has 188 valence electrons. The number of sulfone groups is 1. The summed E-state index contributed by atoms with van der Waals surface area (Å²) in [6, 6.07) is 12.3. The van der Waals surface area contributed by atoms with E-state index in [0.717, 1.165) is 23.0 Å². The van der Waals surface area contributed by atoms with Crippen LogP contribution >= 0.6 is 11.8 Å². The summed E-state index contributed by atoms with van der Waals surface area (Å²) in [7, 11) is -0.534. The van der Waals surface area contributed by atoms with Crippen molar-refractivity contribution in [2.24, 2.45) is 10.1 Å². The van der Waals surface area contributed by atoms with Crippen molar-refractivity contribution in [3.8, 4) is 23.0 Å². The number of nitrogens with one attached hydrogen (secondary N) is 1. The van der Waals surface area contributed by atoms with E-state index in [1.165, 1.54) is 13.2 Å². The second-order valence-electron chi connectivity index (χ2n) is 7.44. The molecule has 4 rings (SSSR count). The normalized spacial score (nSPS) is 16.4. The Hall–Kier alpha value is -3.84. The van der Waals surface area contributed by atoms with Crippen molar-refractivity contribution < 1.29 is 32.2 Å². The highest BCUT2D eigenvalue weighted by Gasteiger charge is 2.38. The van der Waals surface area contributed by atoms with E-state index in [9.17, 15) is 13.2 Å². The molecule has 2 aliphatic rings. The number of methoxy groups -OCH3 is 2. The van der Waals surface area contributed by atoms with E-state index in [-0.39, 0.29) is 34.2 Å². The van der Waals surface area contributed by atoms with Crippen LogP contribution in [-0.2, 0) is 14.6 Å². The van der Waals surface area contributed by atoms with Gasteiger partial charge in [0, 0.05) is 12.3 Å². The van der Waals surface area contributed by atoms with E-state index in [1.54, 1.807) is 31.4 Å². The van der Waals surface area contributed by atoms with Crippen LogP contribution in [0.1, 0.15) is 5.56 Å². The first-order valence-electron chi connectivity index (χ1n) is 10.5. The Labute approximate surface area is 211 Å². The summed E-state index contributed by atoms with van der Waals surface area (Å²) in [5, 5.41) is 13.3. The van der Waals surface area contributed by atoms with Gasteiger partial charge in [-0.15, -0.1) is 5.10 Å². The van der Waals surface area contributed by atoms with Crippen molar-refractivity contribution >= 4 is 49.0 Å². The number of aliphatic imine (C=N–C) groups is 1. The zero-order valence-electron chi connectivity index (χ0n) is 19.5. The van der Waals surface area contributed by atoms with Gasteiger partial charge in [0.1, 0.15) is 24.7 Å². The van der Waals surface area contributed by atoms with Crippen LogP contribution < -0.4 is 18.9 Å². The van der Waals surface area contributed by atoms with Gasteiger partial charge in [-0.3, -0.25) is 10.2 Å². The minimum absolute atomic E-state index is 0.0278. The Morgan fingerprint density at radius 1 is 1.03 bits per heavy atom. The molecule has 2 heterocycles. The molecule has 0 aliphatic carbocycles. The van der Waals surface area contributed by atoms with Crippen LogP contribution in [0.25, 0.3) is 6.08 Å². The van der Waals surface area contributed by atoms with Crippen molar-refractivity contribution in [2.45, 2.75) is 0 Å². The largest absolute Gasteiger partial charge is 0.497 e. The number of amides is 1. The predicted octanol–water partition coefficient (Wildman–Crippen LogP) is 2.78. The molecule has 2 aromatic carbocycles. The van der Waals surface area contributed by atoms with E-state index >= 15 is 0 Å². The number of amidine groups is 2. The standard InChI is InChI=1S/C23H22N4O7S2/c1-31-15-5-4-6-16(13-15)33-9-10-34-18-8-7-14(12-19(18)32-2)11-17-20(24)27-22(25-21(17)28)35-23(26-27)36(3,29)30/h4-8,11-13,24H,9-10H2,1-3H3/b17-11+,24-20?. The molecule has 2 aliphatic heterocycles. The topological polar surface area (TPSA) is 140 Å². The number of carbonyl (C=O) groups excluding carboxylic acids is 1. The van der Waals surface area contributed by atoms with E-state index in [1.807, 2.05) is 18.2 Å². The highest BCUT2D eigenvalue weighted by atomic mass is 32.3. The number of ether oxygens (including phenoxy) is 4. The molecule has 0 saturated heterocycles. The fourth-order valence-corrected chi connectivity index (χ4v) is 4.87. The van der Waals surface area contributed by atoms with Crippen LogP contribution in [0.4, 0.5) is 0 Å². The summed E-state index contributed by atoms with van der Waals surface area (Å²) in [6.07, 6.45) is 2.46. The van der Waals surface area contributed by atoms with Gasteiger partial charge in [0.2, 0.25) is 19.4 Å². The van der Waals surface area contributed by atoms with Gasteiger partial charge >= 0.3 is 0 Å². The van der Waals surface area contributed by atoms with Crippen LogP contribution in [0.2, 0.25) is 0 Å². The van der Waals surface area contributed by atoms with Crippen LogP contribution in [0.15, 0.2) is 58.1 Å². The molecule has 0 aromatic heterocycles. The van der Waals surface area contributed by atoms with Crippen LogP contribution in [-0.4, -0.2) is 68.4 Å². The Balaban J connectivity index is 1.45. The van der Waals surface area contributed by atoms with Gasteiger partial charge in [0.15, 0.2) is 17.3 Å². The minimum atomic E-state index is -3.60. The minimum Gasteiger partial charge on any atom is -0.497 e. The monoisotopic (exact) mass is 530 g/mol. The molecule has 11 nitrogen and oxygen atoms in total. The number of thioether (sulfide) groups is 1. The molecule has 0 saturated carbocycles. The first-order valence-corrected chi connectivity index (χ1v) is 13.2. The lowest BCUT2D eigenvalue weighted by Crippen LogP contribution is -2.35. The summed E-state index contributed by atoms with van der Waals surface area (Å²) in [5.41, 5.74) is 0.512. The number of fused-ring (bicyclic) bond motifs is 1. The average molecular weight is 531 g/mol. The molecule has 0 unspecified atom stereocenters. The highest BCUT2D eigenvalue weighted by molar-refractivity contribution is 8.42. The van der Waals surface area contributed by atoms with Gasteiger partial charge in [-0.2, -0.15) is 10.0 Å². The SMILES string of the molecule is COc1cccc(OCCOc2ccc(/C=C3\C(=N)N4N=C(S(C)(=O)=O)SC4=NC3=O)cc2OC)c1. The van der Waals surface area contributed by atoms with Crippen molar-refractivity contribution in [1.82, 2.24) is 5.01 Å². The predicted molar refractivity (Wildman–Crippen MR) is 137 cm³/mol. The smallest absolute Gasteiger partial charge is 0.283 e. The highest BCUT2D eigenvalue weighted by Crippen LogP contribution is 2.32. The van der Waals surface area contributed by atoms with Crippen LogP contribution in [0.3, 0.4) is 0 Å². The van der Waals surface area contributed by atoms with Gasteiger partial charge < -0.3 is 18.9 Å². The van der Waals surface area contributed by atoms with Gasteiger partial charge in [-0.1, -0.05) is 12.1 Å². The third kappa shape index (κ3) is 5.52. The number of nitrogens with zero attached hydrogens (tertiary/aromatic N) is 3. The van der Waals surface area contributed by atoms with E-state index in [2.05, 4.69) is 10.1 Å². The molecule has 0 fully saturated rings. The number of benzene rings is 2. The Morgan fingerprint density at radius 3 is 2.50 bits per heavy atom. The summed E-state index contributed by atoms with van der Waals surface area (Å²) in [6.45, 7) is 0.542. The number of hydrogen-bond acceptors (Lipinski definition) is 10.